The molecule has 0 amide bonds. The zero-order valence-corrected chi connectivity index (χ0v) is 10.9. The number of alkyl halides is 1. The first kappa shape index (κ1) is 12.1. The van der Waals surface area contributed by atoms with Crippen LogP contribution in [-0.2, 0) is 11.2 Å². The second-order valence-corrected chi connectivity index (χ2v) is 4.81. The van der Waals surface area contributed by atoms with Crippen LogP contribution >= 0.6 is 39.3 Å². The van der Waals surface area contributed by atoms with Gasteiger partial charge in [0.25, 0.3) is 0 Å². The maximum Gasteiger partial charge on any atom is 0.151 e. The average Bonchev–Trinajstić information content (AvgIpc) is 2.20. The lowest BCUT2D eigenvalue weighted by molar-refractivity contribution is -0.116. The Labute approximate surface area is 101 Å². The standard InChI is InChI=1S/C10H10BrClOS/c1-14-9-3-2-7(10(11)5-9)4-8(13)6-12/h2-3,5H,4,6H2,1H3. The zero-order valence-electron chi connectivity index (χ0n) is 7.72. The first-order valence-corrected chi connectivity index (χ1v) is 6.62. The number of rotatable bonds is 4. The second-order valence-electron chi connectivity index (χ2n) is 2.81. The Morgan fingerprint density at radius 2 is 2.29 bits per heavy atom. The molecule has 1 rings (SSSR count). The first-order chi connectivity index (χ1) is 6.67. The Kier molecular flexibility index (Phi) is 4.99. The van der Waals surface area contributed by atoms with Gasteiger partial charge in [-0.3, -0.25) is 4.79 Å². The van der Waals surface area contributed by atoms with Crippen molar-refractivity contribution < 1.29 is 4.79 Å². The Morgan fingerprint density at radius 1 is 1.57 bits per heavy atom. The van der Waals surface area contributed by atoms with Crippen LogP contribution in [0.5, 0.6) is 0 Å². The van der Waals surface area contributed by atoms with Crippen molar-refractivity contribution in [1.82, 2.24) is 0 Å². The third-order valence-electron chi connectivity index (χ3n) is 1.80. The Morgan fingerprint density at radius 3 is 2.79 bits per heavy atom. The molecule has 0 heterocycles. The molecule has 0 aliphatic rings. The van der Waals surface area contributed by atoms with Crippen LogP contribution < -0.4 is 0 Å². The number of carbonyl (C=O) groups is 1. The van der Waals surface area contributed by atoms with Crippen LogP contribution in [0.3, 0.4) is 0 Å². The summed E-state index contributed by atoms with van der Waals surface area (Å²) in [6.45, 7) is 0. The molecule has 0 saturated carbocycles. The largest absolute Gasteiger partial charge is 0.298 e. The Balaban J connectivity index is 2.83. The van der Waals surface area contributed by atoms with Crippen molar-refractivity contribution in [3.63, 3.8) is 0 Å². The molecule has 1 nitrogen and oxygen atoms in total. The number of hydrogen-bond acceptors (Lipinski definition) is 2. The van der Waals surface area contributed by atoms with Gasteiger partial charge in [0, 0.05) is 15.8 Å². The summed E-state index contributed by atoms with van der Waals surface area (Å²) in [5, 5.41) is 0. The fourth-order valence-corrected chi connectivity index (χ4v) is 2.26. The van der Waals surface area contributed by atoms with E-state index >= 15 is 0 Å². The van der Waals surface area contributed by atoms with E-state index in [0.29, 0.717) is 6.42 Å². The van der Waals surface area contributed by atoms with Crippen LogP contribution in [-0.4, -0.2) is 17.9 Å². The van der Waals surface area contributed by atoms with Gasteiger partial charge in [-0.25, -0.2) is 0 Å². The summed E-state index contributed by atoms with van der Waals surface area (Å²) < 4.78 is 0.975. The highest BCUT2D eigenvalue weighted by molar-refractivity contribution is 9.10. The first-order valence-electron chi connectivity index (χ1n) is 4.07. The van der Waals surface area contributed by atoms with Gasteiger partial charge in [-0.1, -0.05) is 22.0 Å². The minimum atomic E-state index is 0.0456. The van der Waals surface area contributed by atoms with Gasteiger partial charge in [0.1, 0.15) is 0 Å². The van der Waals surface area contributed by atoms with Gasteiger partial charge in [-0.05, 0) is 24.0 Å². The molecular weight excluding hydrogens is 284 g/mol. The number of hydrogen-bond donors (Lipinski definition) is 0. The van der Waals surface area contributed by atoms with Crippen molar-refractivity contribution in [3.8, 4) is 0 Å². The lowest BCUT2D eigenvalue weighted by Crippen LogP contribution is -2.04. The molecular formula is C10H10BrClOS. The van der Waals surface area contributed by atoms with Gasteiger partial charge in [0.2, 0.25) is 0 Å². The molecule has 14 heavy (non-hydrogen) atoms. The molecule has 0 radical (unpaired) electrons. The molecule has 0 fully saturated rings. The van der Waals surface area contributed by atoms with Crippen molar-refractivity contribution in [1.29, 1.82) is 0 Å². The van der Waals surface area contributed by atoms with Crippen LogP contribution in [0.4, 0.5) is 0 Å². The molecule has 0 aliphatic carbocycles. The fourth-order valence-electron chi connectivity index (χ4n) is 1.06. The number of thioether (sulfide) groups is 1. The summed E-state index contributed by atoms with van der Waals surface area (Å²) in [4.78, 5) is 12.3. The maximum atomic E-state index is 11.1. The molecule has 0 atom stereocenters. The SMILES string of the molecule is CSc1ccc(CC(=O)CCl)c(Br)c1. The molecule has 1 aromatic carbocycles. The highest BCUT2D eigenvalue weighted by atomic mass is 79.9. The average molecular weight is 294 g/mol. The van der Waals surface area contributed by atoms with E-state index in [1.54, 1.807) is 11.8 Å². The van der Waals surface area contributed by atoms with E-state index in [2.05, 4.69) is 15.9 Å². The van der Waals surface area contributed by atoms with Crippen molar-refractivity contribution in [2.24, 2.45) is 0 Å². The van der Waals surface area contributed by atoms with E-state index in [-0.39, 0.29) is 11.7 Å². The fraction of sp³-hybridized carbons (Fsp3) is 0.300. The number of ketones is 1. The monoisotopic (exact) mass is 292 g/mol. The molecule has 0 N–H and O–H groups in total. The molecule has 1 aromatic rings. The van der Waals surface area contributed by atoms with Crippen LogP contribution in [0.1, 0.15) is 5.56 Å². The summed E-state index contributed by atoms with van der Waals surface area (Å²) in [6, 6.07) is 5.98. The molecule has 76 valence electrons. The van der Waals surface area contributed by atoms with E-state index in [1.165, 1.54) is 4.90 Å². The third-order valence-corrected chi connectivity index (χ3v) is 3.56. The highest BCUT2D eigenvalue weighted by Gasteiger charge is 2.06. The van der Waals surface area contributed by atoms with Gasteiger partial charge in [-0.2, -0.15) is 0 Å². The van der Waals surface area contributed by atoms with E-state index in [0.717, 1.165) is 10.0 Å². The molecule has 0 aliphatic heterocycles. The predicted octanol–water partition coefficient (Wildman–Crippen LogP) is 3.52. The van der Waals surface area contributed by atoms with E-state index in [4.69, 9.17) is 11.6 Å². The summed E-state index contributed by atoms with van der Waals surface area (Å²) >= 11 is 10.6. The highest BCUT2D eigenvalue weighted by Crippen LogP contribution is 2.24. The Bertz CT molecular complexity index is 341. The number of Topliss-reactive ketones (excluding diaryl/α,β-unsaturated/α-hetero) is 1. The van der Waals surface area contributed by atoms with Gasteiger partial charge >= 0.3 is 0 Å². The third kappa shape index (κ3) is 3.30. The van der Waals surface area contributed by atoms with Crippen LogP contribution in [0.15, 0.2) is 27.6 Å². The lowest BCUT2D eigenvalue weighted by atomic mass is 10.1. The van der Waals surface area contributed by atoms with Crippen LogP contribution in [0.2, 0.25) is 0 Å². The van der Waals surface area contributed by atoms with Crippen LogP contribution in [0, 0.1) is 0 Å². The Hall–Kier alpha value is 0.01000. The van der Waals surface area contributed by atoms with Gasteiger partial charge < -0.3 is 0 Å². The molecule has 0 bridgehead atoms. The van der Waals surface area contributed by atoms with Crippen molar-refractivity contribution in [3.05, 3.63) is 28.2 Å². The summed E-state index contributed by atoms with van der Waals surface area (Å²) in [5.74, 6) is 0.126. The molecule has 0 saturated heterocycles. The number of benzene rings is 1. The van der Waals surface area contributed by atoms with Crippen molar-refractivity contribution in [2.75, 3.05) is 12.1 Å². The smallest absolute Gasteiger partial charge is 0.151 e. The quantitative estimate of drug-likeness (QED) is 0.624. The maximum absolute atomic E-state index is 11.1. The van der Waals surface area contributed by atoms with Crippen molar-refractivity contribution >= 4 is 45.1 Å². The van der Waals surface area contributed by atoms with Gasteiger partial charge in [0.15, 0.2) is 5.78 Å². The number of carbonyl (C=O) groups excluding carboxylic acids is 1. The minimum Gasteiger partial charge on any atom is -0.298 e. The second kappa shape index (κ2) is 5.79. The molecule has 4 heteroatoms. The van der Waals surface area contributed by atoms with Crippen molar-refractivity contribution in [2.45, 2.75) is 11.3 Å². The molecule has 0 unspecified atom stereocenters. The van der Waals surface area contributed by atoms with E-state index < -0.39 is 0 Å². The molecule has 0 spiro atoms. The van der Waals surface area contributed by atoms with Gasteiger partial charge in [-0.15, -0.1) is 23.4 Å². The van der Waals surface area contributed by atoms with Gasteiger partial charge in [0.05, 0.1) is 5.88 Å². The lowest BCUT2D eigenvalue weighted by Gasteiger charge is -2.04. The minimum absolute atomic E-state index is 0.0456. The normalized spacial score (nSPS) is 10.2. The van der Waals surface area contributed by atoms with E-state index in [1.807, 2.05) is 24.5 Å². The van der Waals surface area contributed by atoms with Crippen LogP contribution in [0.25, 0.3) is 0 Å². The summed E-state index contributed by atoms with van der Waals surface area (Å²) in [6.07, 6.45) is 2.42. The zero-order chi connectivity index (χ0) is 10.6. The number of halogens is 2. The topological polar surface area (TPSA) is 17.1 Å². The summed E-state index contributed by atoms with van der Waals surface area (Å²) in [5.41, 5.74) is 0.994. The van der Waals surface area contributed by atoms with E-state index in [9.17, 15) is 4.79 Å². The molecule has 0 aromatic heterocycles. The summed E-state index contributed by atoms with van der Waals surface area (Å²) in [7, 11) is 0. The predicted molar refractivity (Wildman–Crippen MR) is 65.4 cm³/mol.